The van der Waals surface area contributed by atoms with E-state index in [2.05, 4.69) is 17.3 Å². The van der Waals surface area contributed by atoms with Crippen molar-refractivity contribution in [3.63, 3.8) is 0 Å². The molecule has 2 heterocycles. The summed E-state index contributed by atoms with van der Waals surface area (Å²) in [6.07, 6.45) is 5.59. The first-order chi connectivity index (χ1) is 5.33. The Morgan fingerprint density at radius 3 is 2.64 bits per heavy atom. The maximum absolute atomic E-state index is 3.51. The fraction of sp³-hybridized carbons (Fsp3) is 1.00. The Morgan fingerprint density at radius 1 is 1.27 bits per heavy atom. The monoisotopic (exact) mass is 154 g/mol. The third-order valence-electron chi connectivity index (χ3n) is 3.40. The van der Waals surface area contributed by atoms with Crippen molar-refractivity contribution in [2.24, 2.45) is 0 Å². The zero-order chi connectivity index (χ0) is 7.73. The molecular weight excluding hydrogens is 136 g/mol. The van der Waals surface area contributed by atoms with Gasteiger partial charge in [-0.1, -0.05) is 0 Å². The van der Waals surface area contributed by atoms with Crippen molar-refractivity contribution in [1.29, 1.82) is 0 Å². The molecule has 2 fully saturated rings. The van der Waals surface area contributed by atoms with E-state index in [-0.39, 0.29) is 0 Å². The van der Waals surface area contributed by atoms with Crippen molar-refractivity contribution in [2.45, 2.75) is 31.2 Å². The molecule has 2 aliphatic heterocycles. The van der Waals surface area contributed by atoms with Crippen LogP contribution in [0.2, 0.25) is 0 Å². The number of nitrogens with zero attached hydrogens (tertiary/aromatic N) is 1. The standard InChI is InChI=1S/C9H18N2/c1-11-7-3-5-9(11)4-2-6-10-8-9/h10H,2-8H2,1H3/t9-/m0/s1. The smallest absolute Gasteiger partial charge is 0.0331 e. The minimum Gasteiger partial charge on any atom is -0.315 e. The summed E-state index contributed by atoms with van der Waals surface area (Å²) >= 11 is 0. The zero-order valence-corrected chi connectivity index (χ0v) is 7.40. The van der Waals surface area contributed by atoms with Crippen LogP contribution in [0.1, 0.15) is 25.7 Å². The average molecular weight is 154 g/mol. The third-order valence-corrected chi connectivity index (χ3v) is 3.40. The van der Waals surface area contributed by atoms with Crippen molar-refractivity contribution in [2.75, 3.05) is 26.7 Å². The number of likely N-dealkylation sites (tertiary alicyclic amines) is 1. The third kappa shape index (κ3) is 1.18. The zero-order valence-electron chi connectivity index (χ0n) is 7.40. The van der Waals surface area contributed by atoms with Crippen LogP contribution in [0.5, 0.6) is 0 Å². The Hall–Kier alpha value is -0.0800. The lowest BCUT2D eigenvalue weighted by Crippen LogP contribution is -2.52. The molecule has 2 heteroatoms. The fourth-order valence-electron chi connectivity index (χ4n) is 2.56. The number of nitrogens with one attached hydrogen (secondary N) is 1. The largest absolute Gasteiger partial charge is 0.315 e. The van der Waals surface area contributed by atoms with E-state index >= 15 is 0 Å². The van der Waals surface area contributed by atoms with Crippen molar-refractivity contribution in [1.82, 2.24) is 10.2 Å². The summed E-state index contributed by atoms with van der Waals surface area (Å²) in [4.78, 5) is 2.55. The lowest BCUT2D eigenvalue weighted by Gasteiger charge is -2.39. The molecule has 2 nitrogen and oxygen atoms in total. The highest BCUT2D eigenvalue weighted by Gasteiger charge is 2.38. The molecule has 2 rings (SSSR count). The van der Waals surface area contributed by atoms with E-state index in [9.17, 15) is 0 Å². The topological polar surface area (TPSA) is 15.3 Å². The summed E-state index contributed by atoms with van der Waals surface area (Å²) in [5, 5.41) is 3.51. The number of rotatable bonds is 0. The van der Waals surface area contributed by atoms with Crippen molar-refractivity contribution >= 4 is 0 Å². The fourth-order valence-corrected chi connectivity index (χ4v) is 2.56. The average Bonchev–Trinajstić information content (AvgIpc) is 2.36. The molecule has 64 valence electrons. The van der Waals surface area contributed by atoms with Crippen molar-refractivity contribution < 1.29 is 0 Å². The van der Waals surface area contributed by atoms with E-state index in [1.165, 1.54) is 45.3 Å². The lowest BCUT2D eigenvalue weighted by molar-refractivity contribution is 0.134. The summed E-state index contributed by atoms with van der Waals surface area (Å²) in [6, 6.07) is 0. The highest BCUT2D eigenvalue weighted by Crippen LogP contribution is 2.32. The van der Waals surface area contributed by atoms with Crippen molar-refractivity contribution in [3.8, 4) is 0 Å². The molecule has 11 heavy (non-hydrogen) atoms. The van der Waals surface area contributed by atoms with E-state index in [0.29, 0.717) is 5.54 Å². The minimum atomic E-state index is 0.554. The molecule has 1 atom stereocenters. The van der Waals surface area contributed by atoms with Crippen LogP contribution < -0.4 is 5.32 Å². The number of hydrogen-bond donors (Lipinski definition) is 1. The first-order valence-corrected chi connectivity index (χ1v) is 4.75. The van der Waals surface area contributed by atoms with Gasteiger partial charge in [-0.2, -0.15) is 0 Å². The van der Waals surface area contributed by atoms with Crippen LogP contribution in [0.3, 0.4) is 0 Å². The first-order valence-electron chi connectivity index (χ1n) is 4.75. The Labute approximate surface area is 69.0 Å². The summed E-state index contributed by atoms with van der Waals surface area (Å²) < 4.78 is 0. The van der Waals surface area contributed by atoms with Crippen LogP contribution in [0.15, 0.2) is 0 Å². The second-order valence-corrected chi connectivity index (χ2v) is 4.03. The number of hydrogen-bond acceptors (Lipinski definition) is 2. The first kappa shape index (κ1) is 7.56. The van der Waals surface area contributed by atoms with Gasteiger partial charge >= 0.3 is 0 Å². The number of piperidine rings is 1. The van der Waals surface area contributed by atoms with Gasteiger partial charge in [-0.25, -0.2) is 0 Å². The molecule has 0 saturated carbocycles. The molecule has 0 aromatic heterocycles. The Bertz CT molecular complexity index is 138. The second kappa shape index (κ2) is 2.76. The van der Waals surface area contributed by atoms with E-state index in [1.807, 2.05) is 0 Å². The van der Waals surface area contributed by atoms with Gasteiger partial charge in [0.1, 0.15) is 0 Å². The summed E-state index contributed by atoms with van der Waals surface area (Å²) in [5.41, 5.74) is 0.554. The Balaban J connectivity index is 2.06. The molecule has 0 amide bonds. The minimum absolute atomic E-state index is 0.554. The predicted molar refractivity (Wildman–Crippen MR) is 46.7 cm³/mol. The lowest BCUT2D eigenvalue weighted by atomic mass is 9.88. The Kier molecular flexibility index (Phi) is 1.90. The van der Waals surface area contributed by atoms with Crippen LogP contribution in [-0.4, -0.2) is 37.1 Å². The second-order valence-electron chi connectivity index (χ2n) is 4.03. The van der Waals surface area contributed by atoms with Gasteiger partial charge in [0.25, 0.3) is 0 Å². The quantitative estimate of drug-likeness (QED) is 0.556. The van der Waals surface area contributed by atoms with Crippen molar-refractivity contribution in [3.05, 3.63) is 0 Å². The normalized spacial score (nSPS) is 40.1. The maximum atomic E-state index is 3.51. The van der Waals surface area contributed by atoms with Gasteiger partial charge in [0, 0.05) is 12.1 Å². The molecule has 0 unspecified atom stereocenters. The molecule has 1 N–H and O–H groups in total. The van der Waals surface area contributed by atoms with Crippen LogP contribution in [0.25, 0.3) is 0 Å². The molecule has 0 bridgehead atoms. The van der Waals surface area contributed by atoms with Crippen LogP contribution in [0, 0.1) is 0 Å². The highest BCUT2D eigenvalue weighted by atomic mass is 15.2. The van der Waals surface area contributed by atoms with Gasteiger partial charge in [0.05, 0.1) is 0 Å². The number of likely N-dealkylation sites (N-methyl/N-ethyl adjacent to an activating group) is 1. The highest BCUT2D eigenvalue weighted by molar-refractivity contribution is 4.97. The molecule has 0 aliphatic carbocycles. The van der Waals surface area contributed by atoms with E-state index in [0.717, 1.165) is 0 Å². The van der Waals surface area contributed by atoms with Crippen LogP contribution in [-0.2, 0) is 0 Å². The van der Waals surface area contributed by atoms with E-state index < -0.39 is 0 Å². The van der Waals surface area contributed by atoms with Gasteiger partial charge < -0.3 is 5.32 Å². The van der Waals surface area contributed by atoms with Gasteiger partial charge in [-0.05, 0) is 45.8 Å². The van der Waals surface area contributed by atoms with E-state index in [4.69, 9.17) is 0 Å². The maximum Gasteiger partial charge on any atom is 0.0331 e. The predicted octanol–water partition coefficient (Wildman–Crippen LogP) is 0.834. The van der Waals surface area contributed by atoms with Crippen LogP contribution in [0.4, 0.5) is 0 Å². The van der Waals surface area contributed by atoms with Gasteiger partial charge in [-0.3, -0.25) is 4.90 Å². The summed E-state index contributed by atoms with van der Waals surface area (Å²) in [5.74, 6) is 0. The molecule has 0 radical (unpaired) electrons. The SMILES string of the molecule is CN1CCC[C@]12CCCNC2. The summed E-state index contributed by atoms with van der Waals surface area (Å²) in [6.45, 7) is 3.76. The Morgan fingerprint density at radius 2 is 2.09 bits per heavy atom. The molecular formula is C9H18N2. The summed E-state index contributed by atoms with van der Waals surface area (Å²) in [7, 11) is 2.28. The van der Waals surface area contributed by atoms with Crippen LogP contribution >= 0.6 is 0 Å². The molecule has 2 saturated heterocycles. The molecule has 0 aromatic rings. The van der Waals surface area contributed by atoms with Gasteiger partial charge in [0.2, 0.25) is 0 Å². The van der Waals surface area contributed by atoms with Gasteiger partial charge in [0.15, 0.2) is 0 Å². The van der Waals surface area contributed by atoms with E-state index in [1.54, 1.807) is 0 Å². The molecule has 0 aromatic carbocycles. The van der Waals surface area contributed by atoms with Gasteiger partial charge in [-0.15, -0.1) is 0 Å². The molecule has 1 spiro atoms. The molecule has 2 aliphatic rings.